The Balaban J connectivity index is 1.98. The number of ketones is 1. The number of fused-ring (bicyclic) bond motifs is 1. The molecule has 5 heteroatoms. The fourth-order valence-electron chi connectivity index (χ4n) is 2.73. The highest BCUT2D eigenvalue weighted by atomic mass is 16.5. The molecule has 1 N–H and O–H groups in total. The summed E-state index contributed by atoms with van der Waals surface area (Å²) in [6, 6.07) is 6.79. The van der Waals surface area contributed by atoms with E-state index in [9.17, 15) is 9.90 Å². The number of allylic oxidation sites excluding steroid dienone is 1. The zero-order valence-electron chi connectivity index (χ0n) is 13.8. The van der Waals surface area contributed by atoms with Crippen molar-refractivity contribution in [3.8, 4) is 11.5 Å². The number of carbonyl (C=O) groups excluding carboxylic acids is 1. The third kappa shape index (κ3) is 3.03. The number of phenolic OH excluding ortho intramolecular Hbond substituents is 1. The number of hydrogen-bond donors (Lipinski definition) is 1. The van der Waals surface area contributed by atoms with Crippen LogP contribution >= 0.6 is 0 Å². The summed E-state index contributed by atoms with van der Waals surface area (Å²) in [6.45, 7) is 6.37. The van der Waals surface area contributed by atoms with Crippen LogP contribution in [0.2, 0.25) is 0 Å². The van der Waals surface area contributed by atoms with Gasteiger partial charge >= 0.3 is 0 Å². The van der Waals surface area contributed by atoms with Gasteiger partial charge in [-0.1, -0.05) is 13.8 Å². The van der Waals surface area contributed by atoms with E-state index >= 15 is 0 Å². The minimum atomic E-state index is -0.164. The molecule has 0 aliphatic carbocycles. The van der Waals surface area contributed by atoms with Gasteiger partial charge in [-0.3, -0.25) is 14.7 Å². The zero-order chi connectivity index (χ0) is 17.1. The summed E-state index contributed by atoms with van der Waals surface area (Å²) in [5.74, 6) is 0.719. The molecular weight excluding hydrogens is 304 g/mol. The minimum Gasteiger partial charge on any atom is -0.507 e. The molecule has 0 saturated heterocycles. The Labute approximate surface area is 141 Å². The van der Waals surface area contributed by atoms with Crippen LogP contribution in [0.1, 0.15) is 35.3 Å². The first-order chi connectivity index (χ1) is 11.6. The molecule has 1 aliphatic rings. The molecule has 2 aromatic rings. The molecule has 0 radical (unpaired) electrons. The Kier molecular flexibility index (Phi) is 4.62. The fourth-order valence-corrected chi connectivity index (χ4v) is 2.73. The van der Waals surface area contributed by atoms with E-state index in [0.29, 0.717) is 23.4 Å². The van der Waals surface area contributed by atoms with Gasteiger partial charge in [0.05, 0.1) is 11.1 Å². The molecule has 1 aliphatic heterocycles. The first kappa shape index (κ1) is 16.2. The van der Waals surface area contributed by atoms with Gasteiger partial charge in [0, 0.05) is 18.9 Å². The number of phenols is 1. The molecule has 24 heavy (non-hydrogen) atoms. The molecule has 3 rings (SSSR count). The molecule has 0 spiro atoms. The molecule has 1 aromatic carbocycles. The van der Waals surface area contributed by atoms with Crippen LogP contribution in [0, 0.1) is 0 Å². The van der Waals surface area contributed by atoms with E-state index in [-0.39, 0.29) is 17.3 Å². The predicted octanol–water partition coefficient (Wildman–Crippen LogP) is 3.25. The Morgan fingerprint density at radius 3 is 2.54 bits per heavy atom. The van der Waals surface area contributed by atoms with Gasteiger partial charge in [0.25, 0.3) is 0 Å². The van der Waals surface area contributed by atoms with Gasteiger partial charge < -0.3 is 9.84 Å². The highest BCUT2D eigenvalue weighted by Crippen LogP contribution is 2.40. The summed E-state index contributed by atoms with van der Waals surface area (Å²) in [4.78, 5) is 18.7. The molecule has 0 saturated carbocycles. The van der Waals surface area contributed by atoms with Crippen molar-refractivity contribution in [1.29, 1.82) is 0 Å². The van der Waals surface area contributed by atoms with Crippen LogP contribution in [0.15, 0.2) is 42.4 Å². The number of aromatic hydroxyl groups is 1. The second kappa shape index (κ2) is 6.84. The highest BCUT2D eigenvalue weighted by molar-refractivity contribution is 6.14. The number of benzene rings is 1. The average molecular weight is 324 g/mol. The second-order valence-corrected chi connectivity index (χ2v) is 5.62. The number of carbonyl (C=O) groups is 1. The quantitative estimate of drug-likeness (QED) is 0.856. The van der Waals surface area contributed by atoms with Crippen molar-refractivity contribution in [3.05, 3.63) is 59.1 Å². The van der Waals surface area contributed by atoms with Crippen LogP contribution in [-0.4, -0.2) is 33.9 Å². The van der Waals surface area contributed by atoms with E-state index in [1.54, 1.807) is 42.7 Å². The number of nitrogens with zero attached hydrogens (tertiary/aromatic N) is 2. The van der Waals surface area contributed by atoms with Crippen molar-refractivity contribution in [2.75, 3.05) is 13.1 Å². The summed E-state index contributed by atoms with van der Waals surface area (Å²) in [6.07, 6.45) is 5.02. The third-order valence-corrected chi connectivity index (χ3v) is 4.20. The summed E-state index contributed by atoms with van der Waals surface area (Å²) in [5, 5.41) is 10.2. The minimum absolute atomic E-state index is 0.151. The Morgan fingerprint density at radius 2 is 1.88 bits per heavy atom. The Hall–Kier alpha value is -2.66. The maximum absolute atomic E-state index is 12.6. The van der Waals surface area contributed by atoms with Crippen molar-refractivity contribution in [3.63, 3.8) is 0 Å². The molecule has 0 bridgehead atoms. The van der Waals surface area contributed by atoms with Crippen molar-refractivity contribution in [2.45, 2.75) is 20.4 Å². The van der Waals surface area contributed by atoms with Crippen LogP contribution < -0.4 is 4.74 Å². The van der Waals surface area contributed by atoms with Crippen molar-refractivity contribution in [1.82, 2.24) is 9.88 Å². The number of rotatable bonds is 5. The Bertz CT molecular complexity index is 781. The van der Waals surface area contributed by atoms with Crippen LogP contribution in [0.3, 0.4) is 0 Å². The van der Waals surface area contributed by atoms with E-state index in [1.807, 2.05) is 0 Å². The normalized spacial score (nSPS) is 15.0. The monoisotopic (exact) mass is 324 g/mol. The summed E-state index contributed by atoms with van der Waals surface area (Å²) in [7, 11) is 0. The fraction of sp³-hybridized carbons (Fsp3) is 0.263. The van der Waals surface area contributed by atoms with Crippen LogP contribution in [0.25, 0.3) is 6.08 Å². The van der Waals surface area contributed by atoms with Crippen LogP contribution in [-0.2, 0) is 6.54 Å². The van der Waals surface area contributed by atoms with Crippen LogP contribution in [0.4, 0.5) is 0 Å². The first-order valence-electron chi connectivity index (χ1n) is 8.05. The van der Waals surface area contributed by atoms with Crippen molar-refractivity contribution < 1.29 is 14.6 Å². The van der Waals surface area contributed by atoms with E-state index in [4.69, 9.17) is 4.74 Å². The van der Waals surface area contributed by atoms with E-state index in [1.165, 1.54) is 0 Å². The van der Waals surface area contributed by atoms with Gasteiger partial charge in [-0.2, -0.15) is 0 Å². The smallest absolute Gasteiger partial charge is 0.231 e. The number of aromatic nitrogens is 1. The number of pyridine rings is 1. The largest absolute Gasteiger partial charge is 0.507 e. The van der Waals surface area contributed by atoms with Gasteiger partial charge in [-0.15, -0.1) is 0 Å². The van der Waals surface area contributed by atoms with Crippen LogP contribution in [0.5, 0.6) is 11.5 Å². The third-order valence-electron chi connectivity index (χ3n) is 4.20. The molecule has 0 fully saturated rings. The highest BCUT2D eigenvalue weighted by Gasteiger charge is 2.31. The molecular formula is C19H20N2O3. The van der Waals surface area contributed by atoms with Gasteiger partial charge in [0.15, 0.2) is 5.76 Å². The van der Waals surface area contributed by atoms with Gasteiger partial charge in [0.2, 0.25) is 5.78 Å². The number of Topliss-reactive ketones (excluding diaryl/α,β-unsaturated/α-hetero) is 1. The maximum Gasteiger partial charge on any atom is 0.231 e. The lowest BCUT2D eigenvalue weighted by atomic mass is 10.0. The summed E-state index contributed by atoms with van der Waals surface area (Å²) in [5.41, 5.74) is 1.99. The lowest BCUT2D eigenvalue weighted by molar-refractivity contribution is 0.101. The summed E-state index contributed by atoms with van der Waals surface area (Å²) >= 11 is 0. The van der Waals surface area contributed by atoms with Crippen molar-refractivity contribution in [2.24, 2.45) is 0 Å². The van der Waals surface area contributed by atoms with Gasteiger partial charge in [-0.05, 0) is 49.0 Å². The molecule has 0 amide bonds. The van der Waals surface area contributed by atoms with Gasteiger partial charge in [0.1, 0.15) is 11.5 Å². The number of hydrogen-bond acceptors (Lipinski definition) is 5. The lowest BCUT2D eigenvalue weighted by Gasteiger charge is -2.20. The molecule has 5 nitrogen and oxygen atoms in total. The molecule has 2 heterocycles. The standard InChI is InChI=1S/C19H20N2O3/c1-3-21(4-2)12-15-16(22)6-5-14-18(23)17(24-19(14)15)11-13-7-9-20-10-8-13/h5-11,22H,3-4,12H2,1-2H3/b17-11-. The topological polar surface area (TPSA) is 62.7 Å². The molecule has 0 atom stereocenters. The SMILES string of the molecule is CCN(CC)Cc1c(O)ccc2c1O/C(=C\c1ccncc1)C2=O. The average Bonchev–Trinajstić information content (AvgIpc) is 2.91. The Morgan fingerprint density at radius 1 is 1.17 bits per heavy atom. The van der Waals surface area contributed by atoms with E-state index in [2.05, 4.69) is 23.7 Å². The zero-order valence-corrected chi connectivity index (χ0v) is 13.8. The van der Waals surface area contributed by atoms with E-state index < -0.39 is 0 Å². The van der Waals surface area contributed by atoms with E-state index in [0.717, 1.165) is 18.7 Å². The first-order valence-corrected chi connectivity index (χ1v) is 8.05. The lowest BCUT2D eigenvalue weighted by Crippen LogP contribution is -2.22. The molecule has 124 valence electrons. The molecule has 1 aromatic heterocycles. The van der Waals surface area contributed by atoms with Crippen molar-refractivity contribution >= 4 is 11.9 Å². The predicted molar refractivity (Wildman–Crippen MR) is 91.9 cm³/mol. The summed E-state index contributed by atoms with van der Waals surface area (Å²) < 4.78 is 5.83. The maximum atomic E-state index is 12.6. The second-order valence-electron chi connectivity index (χ2n) is 5.62. The number of ether oxygens (including phenoxy) is 1. The van der Waals surface area contributed by atoms with Gasteiger partial charge in [-0.25, -0.2) is 0 Å². The molecule has 0 unspecified atom stereocenters.